The molecule has 1 aliphatic heterocycles. The molecule has 1 unspecified atom stereocenters. The third-order valence-corrected chi connectivity index (χ3v) is 9.25. The van der Waals surface area contributed by atoms with Gasteiger partial charge in [0.05, 0.1) is 12.0 Å². The van der Waals surface area contributed by atoms with Crippen molar-refractivity contribution in [3.63, 3.8) is 0 Å². The molecule has 1 aromatic carbocycles. The van der Waals surface area contributed by atoms with Crippen LogP contribution in [-0.4, -0.2) is 61.9 Å². The summed E-state index contributed by atoms with van der Waals surface area (Å²) < 4.78 is 6.30. The van der Waals surface area contributed by atoms with Crippen molar-refractivity contribution in [3.8, 4) is 0 Å². The van der Waals surface area contributed by atoms with Crippen molar-refractivity contribution in [3.05, 3.63) is 35.9 Å². The largest absolute Gasteiger partial charge is 0.481 e. The van der Waals surface area contributed by atoms with E-state index in [-0.39, 0.29) is 5.41 Å². The van der Waals surface area contributed by atoms with Gasteiger partial charge in [-0.1, -0.05) is 43.2 Å². The smallest absolute Gasteiger partial charge is 0.310 e. The van der Waals surface area contributed by atoms with Gasteiger partial charge in [0.25, 0.3) is 0 Å². The molecule has 182 valence electrons. The molecule has 1 saturated heterocycles. The van der Waals surface area contributed by atoms with Crippen LogP contribution >= 0.6 is 0 Å². The minimum absolute atomic E-state index is 0.188. The number of carbonyl (C=O) groups is 1. The van der Waals surface area contributed by atoms with E-state index in [1.54, 1.807) is 0 Å². The van der Waals surface area contributed by atoms with Gasteiger partial charge in [0, 0.05) is 25.1 Å². The van der Waals surface area contributed by atoms with E-state index in [1.807, 2.05) is 0 Å². The highest BCUT2D eigenvalue weighted by Crippen LogP contribution is 2.47. The van der Waals surface area contributed by atoms with Gasteiger partial charge < -0.3 is 20.1 Å². The molecule has 0 aromatic heterocycles. The summed E-state index contributed by atoms with van der Waals surface area (Å²) in [6, 6.07) is 10.9. The Kier molecular flexibility index (Phi) is 7.10. The summed E-state index contributed by atoms with van der Waals surface area (Å²) in [7, 11) is 0. The van der Waals surface area contributed by atoms with Crippen LogP contribution in [0.15, 0.2) is 30.3 Å². The number of hydrogen-bond donors (Lipinski definition) is 2. The van der Waals surface area contributed by atoms with Crippen molar-refractivity contribution < 1.29 is 14.6 Å². The molecule has 33 heavy (non-hydrogen) atoms. The molecule has 3 saturated carbocycles. The van der Waals surface area contributed by atoms with Crippen molar-refractivity contribution in [2.75, 3.05) is 45.9 Å². The molecule has 0 amide bonds. The minimum Gasteiger partial charge on any atom is -0.481 e. The van der Waals surface area contributed by atoms with E-state index in [0.717, 1.165) is 95.8 Å². The molecule has 4 fully saturated rings. The number of aliphatic carboxylic acids is 1. The van der Waals surface area contributed by atoms with Crippen LogP contribution < -0.4 is 5.32 Å². The molecule has 5 heteroatoms. The number of carboxylic acids is 1. The summed E-state index contributed by atoms with van der Waals surface area (Å²) in [6.07, 6.45) is 10.3. The first-order chi connectivity index (χ1) is 16.1. The fourth-order valence-corrected chi connectivity index (χ4v) is 6.23. The van der Waals surface area contributed by atoms with E-state index in [0.29, 0.717) is 0 Å². The lowest BCUT2D eigenvalue weighted by Crippen LogP contribution is -2.53. The lowest BCUT2D eigenvalue weighted by molar-refractivity contribution is -0.157. The van der Waals surface area contributed by atoms with Crippen LogP contribution in [-0.2, 0) is 9.53 Å². The molecule has 0 bridgehead atoms. The molecule has 5 nitrogen and oxygen atoms in total. The number of rotatable bonds is 12. The molecule has 0 spiro atoms. The zero-order chi connectivity index (χ0) is 22.7. The van der Waals surface area contributed by atoms with Crippen LogP contribution in [0.25, 0.3) is 0 Å². The van der Waals surface area contributed by atoms with Crippen LogP contribution in [0, 0.1) is 22.7 Å². The average molecular weight is 455 g/mol. The number of nitrogens with zero attached hydrogens (tertiary/aromatic N) is 1. The Morgan fingerprint density at radius 1 is 1.09 bits per heavy atom. The minimum atomic E-state index is -0.589. The van der Waals surface area contributed by atoms with Crippen LogP contribution in [0.4, 0.5) is 0 Å². The van der Waals surface area contributed by atoms with E-state index in [1.165, 1.54) is 31.2 Å². The molecular formula is C28H42N2O3. The Bertz CT molecular complexity index is 782. The molecular weight excluding hydrogens is 412 g/mol. The topological polar surface area (TPSA) is 61.8 Å². The number of hydrogen-bond acceptors (Lipinski definition) is 4. The maximum atomic E-state index is 11.8. The molecule has 1 aromatic rings. The van der Waals surface area contributed by atoms with Gasteiger partial charge in [-0.25, -0.2) is 0 Å². The van der Waals surface area contributed by atoms with E-state index in [2.05, 4.69) is 40.5 Å². The lowest BCUT2D eigenvalue weighted by atomic mass is 9.68. The summed E-state index contributed by atoms with van der Waals surface area (Å²) in [5.41, 5.74) is 1.20. The highest BCUT2D eigenvalue weighted by molar-refractivity contribution is 5.76. The van der Waals surface area contributed by atoms with Gasteiger partial charge in [-0.05, 0) is 87.9 Å². The lowest BCUT2D eigenvalue weighted by Gasteiger charge is -2.47. The highest BCUT2D eigenvalue weighted by atomic mass is 16.5. The van der Waals surface area contributed by atoms with E-state index < -0.39 is 11.4 Å². The molecule has 3 aliphatic carbocycles. The third-order valence-electron chi connectivity index (χ3n) is 9.25. The third kappa shape index (κ3) is 5.47. The number of likely N-dealkylation sites (tertiary alicyclic amines) is 1. The van der Waals surface area contributed by atoms with E-state index in [9.17, 15) is 9.90 Å². The summed E-state index contributed by atoms with van der Waals surface area (Å²) in [6.45, 7) is 6.62. The molecule has 5 rings (SSSR count). The number of nitrogens with one attached hydrogen (secondary N) is 1. The Morgan fingerprint density at radius 3 is 2.45 bits per heavy atom. The average Bonchev–Trinajstić information content (AvgIpc) is 3.54. The quantitative estimate of drug-likeness (QED) is 0.486. The zero-order valence-electron chi connectivity index (χ0n) is 20.1. The molecule has 4 aliphatic rings. The van der Waals surface area contributed by atoms with Gasteiger partial charge in [0.15, 0.2) is 0 Å². The van der Waals surface area contributed by atoms with Crippen molar-refractivity contribution in [1.82, 2.24) is 10.2 Å². The fourth-order valence-electron chi connectivity index (χ4n) is 6.23. The number of ether oxygens (including phenoxy) is 1. The SMILES string of the molecule is O=C(O)C1(CN2CCC(CNC[C@@H]3CC3c3ccccc3)(COCC3CCC3)CC2)CCC1. The summed E-state index contributed by atoms with van der Waals surface area (Å²) in [4.78, 5) is 14.2. The predicted molar refractivity (Wildman–Crippen MR) is 130 cm³/mol. The Morgan fingerprint density at radius 2 is 1.85 bits per heavy atom. The summed E-state index contributed by atoms with van der Waals surface area (Å²) >= 11 is 0. The maximum absolute atomic E-state index is 11.8. The molecule has 2 atom stereocenters. The van der Waals surface area contributed by atoms with E-state index in [4.69, 9.17) is 4.74 Å². The normalized spacial score (nSPS) is 28.6. The monoisotopic (exact) mass is 454 g/mol. The van der Waals surface area contributed by atoms with Gasteiger partial charge in [-0.2, -0.15) is 0 Å². The van der Waals surface area contributed by atoms with Crippen molar-refractivity contribution in [2.45, 2.75) is 63.7 Å². The number of benzene rings is 1. The number of piperidine rings is 1. The summed E-state index contributed by atoms with van der Waals surface area (Å²) in [5.74, 6) is 1.67. The standard InChI is InChI=1S/C28H42N2O3/c31-26(32)28(10-5-11-28)20-30-14-12-27(13-15-30,21-33-18-22-6-4-7-22)19-29-17-24-16-25(24)23-8-2-1-3-9-23/h1-3,8-9,22,24-25,29H,4-7,10-21H2,(H,31,32)/t24-,25?/m0/s1. The van der Waals surface area contributed by atoms with Crippen molar-refractivity contribution >= 4 is 5.97 Å². The Labute approximate surface area is 199 Å². The van der Waals surface area contributed by atoms with Crippen LogP contribution in [0.3, 0.4) is 0 Å². The van der Waals surface area contributed by atoms with Crippen LogP contribution in [0.2, 0.25) is 0 Å². The van der Waals surface area contributed by atoms with Gasteiger partial charge in [0.2, 0.25) is 0 Å². The van der Waals surface area contributed by atoms with Crippen molar-refractivity contribution in [1.29, 1.82) is 0 Å². The number of carboxylic acid groups (broad SMARTS) is 1. The maximum Gasteiger partial charge on any atom is 0.310 e. The second kappa shape index (κ2) is 10.1. The van der Waals surface area contributed by atoms with Gasteiger partial charge in [-0.15, -0.1) is 0 Å². The first kappa shape index (κ1) is 23.3. The van der Waals surface area contributed by atoms with Crippen LogP contribution in [0.5, 0.6) is 0 Å². The Balaban J connectivity index is 1.11. The predicted octanol–water partition coefficient (Wildman–Crippen LogP) is 4.53. The second-order valence-electron chi connectivity index (χ2n) is 11.7. The van der Waals surface area contributed by atoms with Gasteiger partial charge in [-0.3, -0.25) is 4.79 Å². The highest BCUT2D eigenvalue weighted by Gasteiger charge is 2.47. The van der Waals surface area contributed by atoms with E-state index >= 15 is 0 Å². The Hall–Kier alpha value is -1.43. The zero-order valence-corrected chi connectivity index (χ0v) is 20.1. The second-order valence-corrected chi connectivity index (χ2v) is 11.7. The van der Waals surface area contributed by atoms with Crippen LogP contribution in [0.1, 0.15) is 69.3 Å². The first-order valence-electron chi connectivity index (χ1n) is 13.4. The molecule has 2 N–H and O–H groups in total. The van der Waals surface area contributed by atoms with Gasteiger partial charge in [0.1, 0.15) is 0 Å². The van der Waals surface area contributed by atoms with Gasteiger partial charge >= 0.3 is 5.97 Å². The first-order valence-corrected chi connectivity index (χ1v) is 13.4. The summed E-state index contributed by atoms with van der Waals surface area (Å²) in [5, 5.41) is 13.6. The van der Waals surface area contributed by atoms with Crippen molar-refractivity contribution in [2.24, 2.45) is 22.7 Å². The molecule has 0 radical (unpaired) electrons. The fraction of sp³-hybridized carbons (Fsp3) is 0.750. The molecule has 1 heterocycles.